The molecule has 10 heavy (non-hydrogen) atoms. The van der Waals surface area contributed by atoms with E-state index in [1.165, 1.54) is 11.8 Å². The summed E-state index contributed by atoms with van der Waals surface area (Å²) in [4.78, 5) is 0. The molecule has 56 valence electrons. The SMILES string of the molecule is N#CSC[C@@H]1COCCO1. The second-order valence-electron chi connectivity index (χ2n) is 1.97. The molecule has 0 aromatic heterocycles. The molecule has 1 atom stereocenters. The molecule has 0 amide bonds. The largest absolute Gasteiger partial charge is 0.376 e. The van der Waals surface area contributed by atoms with E-state index in [0.29, 0.717) is 19.8 Å². The van der Waals surface area contributed by atoms with Crippen LogP contribution in [0.2, 0.25) is 0 Å². The van der Waals surface area contributed by atoms with Gasteiger partial charge in [0.1, 0.15) is 5.40 Å². The lowest BCUT2D eigenvalue weighted by Crippen LogP contribution is -2.30. The fourth-order valence-electron chi connectivity index (χ4n) is 0.763. The Kier molecular flexibility index (Phi) is 3.58. The van der Waals surface area contributed by atoms with Crippen molar-refractivity contribution in [3.8, 4) is 5.40 Å². The zero-order valence-electron chi connectivity index (χ0n) is 5.58. The molecule has 0 saturated carbocycles. The van der Waals surface area contributed by atoms with Gasteiger partial charge in [0.05, 0.1) is 25.9 Å². The van der Waals surface area contributed by atoms with Crippen molar-refractivity contribution in [2.45, 2.75) is 6.10 Å². The van der Waals surface area contributed by atoms with Crippen LogP contribution in [-0.4, -0.2) is 31.7 Å². The van der Waals surface area contributed by atoms with E-state index in [1.54, 1.807) is 0 Å². The minimum absolute atomic E-state index is 0.124. The van der Waals surface area contributed by atoms with E-state index in [4.69, 9.17) is 14.7 Å². The van der Waals surface area contributed by atoms with Crippen molar-refractivity contribution in [1.29, 1.82) is 5.26 Å². The van der Waals surface area contributed by atoms with Crippen LogP contribution in [0, 0.1) is 10.7 Å². The van der Waals surface area contributed by atoms with Gasteiger partial charge >= 0.3 is 0 Å². The Labute approximate surface area is 64.3 Å². The van der Waals surface area contributed by atoms with E-state index in [-0.39, 0.29) is 6.10 Å². The Morgan fingerprint density at radius 3 is 3.10 bits per heavy atom. The van der Waals surface area contributed by atoms with Gasteiger partial charge in [-0.3, -0.25) is 0 Å². The summed E-state index contributed by atoms with van der Waals surface area (Å²) in [5.74, 6) is 0.719. The highest BCUT2D eigenvalue weighted by molar-refractivity contribution is 8.03. The lowest BCUT2D eigenvalue weighted by atomic mass is 10.4. The first-order chi connectivity index (χ1) is 4.93. The molecule has 4 heteroatoms. The summed E-state index contributed by atoms with van der Waals surface area (Å²) in [5.41, 5.74) is 0. The maximum absolute atomic E-state index is 8.21. The number of thioether (sulfide) groups is 1. The molecule has 1 aliphatic rings. The molecule has 0 aromatic rings. The molecule has 1 rings (SSSR count). The summed E-state index contributed by atoms with van der Waals surface area (Å²) in [7, 11) is 0. The Hall–Kier alpha value is -0.240. The highest BCUT2D eigenvalue weighted by Gasteiger charge is 2.13. The molecule has 0 N–H and O–H groups in total. The third-order valence-corrected chi connectivity index (χ3v) is 1.89. The molecule has 1 aliphatic heterocycles. The van der Waals surface area contributed by atoms with Crippen molar-refractivity contribution in [2.75, 3.05) is 25.6 Å². The summed E-state index contributed by atoms with van der Waals surface area (Å²) in [6.07, 6.45) is 0.124. The van der Waals surface area contributed by atoms with E-state index >= 15 is 0 Å². The maximum atomic E-state index is 8.21. The zero-order chi connectivity index (χ0) is 7.23. The molecular weight excluding hydrogens is 150 g/mol. The van der Waals surface area contributed by atoms with Gasteiger partial charge in [0.2, 0.25) is 0 Å². The van der Waals surface area contributed by atoms with Crippen molar-refractivity contribution < 1.29 is 9.47 Å². The quantitative estimate of drug-likeness (QED) is 0.554. The summed E-state index contributed by atoms with van der Waals surface area (Å²) in [6, 6.07) is 0. The van der Waals surface area contributed by atoms with E-state index in [9.17, 15) is 0 Å². The van der Waals surface area contributed by atoms with Crippen LogP contribution in [0.5, 0.6) is 0 Å². The van der Waals surface area contributed by atoms with Gasteiger partial charge in [-0.1, -0.05) is 0 Å². The van der Waals surface area contributed by atoms with E-state index in [1.807, 2.05) is 5.40 Å². The van der Waals surface area contributed by atoms with Crippen LogP contribution in [0.3, 0.4) is 0 Å². The summed E-state index contributed by atoms with van der Waals surface area (Å²) in [5, 5.41) is 10.2. The molecule has 1 heterocycles. The summed E-state index contributed by atoms with van der Waals surface area (Å²) >= 11 is 1.22. The van der Waals surface area contributed by atoms with Crippen LogP contribution in [0.25, 0.3) is 0 Å². The second kappa shape index (κ2) is 4.56. The minimum atomic E-state index is 0.124. The predicted molar refractivity (Wildman–Crippen MR) is 38.6 cm³/mol. The third-order valence-electron chi connectivity index (χ3n) is 1.22. The molecule has 0 aromatic carbocycles. The molecule has 0 spiro atoms. The monoisotopic (exact) mass is 159 g/mol. The molecule has 1 fully saturated rings. The van der Waals surface area contributed by atoms with E-state index < -0.39 is 0 Å². The van der Waals surface area contributed by atoms with Crippen molar-refractivity contribution in [2.24, 2.45) is 0 Å². The van der Waals surface area contributed by atoms with E-state index in [2.05, 4.69) is 0 Å². The Balaban J connectivity index is 2.09. The normalized spacial score (nSPS) is 25.7. The van der Waals surface area contributed by atoms with Crippen molar-refractivity contribution in [3.05, 3.63) is 0 Å². The molecule has 0 unspecified atom stereocenters. The number of thiocyanates is 1. The van der Waals surface area contributed by atoms with Gasteiger partial charge in [0.25, 0.3) is 0 Å². The Bertz CT molecular complexity index is 128. The fraction of sp³-hybridized carbons (Fsp3) is 0.833. The van der Waals surface area contributed by atoms with Gasteiger partial charge in [0.15, 0.2) is 0 Å². The number of hydrogen-bond acceptors (Lipinski definition) is 4. The third kappa shape index (κ3) is 2.56. The van der Waals surface area contributed by atoms with Crippen molar-refractivity contribution in [1.82, 2.24) is 0 Å². The molecule has 0 bridgehead atoms. The van der Waals surface area contributed by atoms with Gasteiger partial charge in [-0.25, -0.2) is 0 Å². The van der Waals surface area contributed by atoms with Gasteiger partial charge in [-0.2, -0.15) is 5.26 Å². The predicted octanol–water partition coefficient (Wildman–Crippen LogP) is 0.616. The minimum Gasteiger partial charge on any atom is -0.376 e. The van der Waals surface area contributed by atoms with Crippen LogP contribution >= 0.6 is 11.8 Å². The lowest BCUT2D eigenvalue weighted by Gasteiger charge is -2.21. The van der Waals surface area contributed by atoms with Crippen molar-refractivity contribution in [3.63, 3.8) is 0 Å². The molecule has 0 aliphatic carbocycles. The van der Waals surface area contributed by atoms with Crippen LogP contribution in [0.15, 0.2) is 0 Å². The molecule has 3 nitrogen and oxygen atoms in total. The van der Waals surface area contributed by atoms with Crippen LogP contribution < -0.4 is 0 Å². The highest BCUT2D eigenvalue weighted by atomic mass is 32.2. The molecule has 1 saturated heterocycles. The lowest BCUT2D eigenvalue weighted by molar-refractivity contribution is -0.0776. The second-order valence-corrected chi connectivity index (χ2v) is 2.77. The van der Waals surface area contributed by atoms with Crippen LogP contribution in [0.1, 0.15) is 0 Å². The summed E-state index contributed by atoms with van der Waals surface area (Å²) in [6.45, 7) is 1.99. The Morgan fingerprint density at radius 2 is 2.50 bits per heavy atom. The summed E-state index contributed by atoms with van der Waals surface area (Å²) < 4.78 is 10.4. The smallest absolute Gasteiger partial charge is 0.133 e. The van der Waals surface area contributed by atoms with Gasteiger partial charge < -0.3 is 9.47 Å². The van der Waals surface area contributed by atoms with Crippen molar-refractivity contribution >= 4 is 11.8 Å². The first-order valence-corrected chi connectivity index (χ1v) is 4.12. The van der Waals surface area contributed by atoms with Gasteiger partial charge in [-0.05, 0) is 11.8 Å². The Morgan fingerprint density at radius 1 is 1.60 bits per heavy atom. The highest BCUT2D eigenvalue weighted by Crippen LogP contribution is 2.07. The zero-order valence-corrected chi connectivity index (χ0v) is 6.39. The average molecular weight is 159 g/mol. The van der Waals surface area contributed by atoms with Crippen LogP contribution in [0.4, 0.5) is 0 Å². The molecule has 0 radical (unpaired) electrons. The van der Waals surface area contributed by atoms with Crippen LogP contribution in [-0.2, 0) is 9.47 Å². The van der Waals surface area contributed by atoms with E-state index in [0.717, 1.165) is 5.75 Å². The number of ether oxygens (including phenoxy) is 2. The number of rotatable bonds is 2. The number of hydrogen-bond donors (Lipinski definition) is 0. The number of nitrogens with zero attached hydrogens (tertiary/aromatic N) is 1. The average Bonchev–Trinajstić information content (AvgIpc) is 2.03. The fourth-order valence-corrected chi connectivity index (χ4v) is 1.22. The number of nitriles is 1. The topological polar surface area (TPSA) is 42.2 Å². The maximum Gasteiger partial charge on any atom is 0.133 e. The van der Waals surface area contributed by atoms with Gasteiger partial charge in [-0.15, -0.1) is 0 Å². The first kappa shape index (κ1) is 7.86. The van der Waals surface area contributed by atoms with Gasteiger partial charge in [0, 0.05) is 5.75 Å². The standard InChI is InChI=1S/C6H9NO2S/c7-5-10-4-6-3-8-1-2-9-6/h6H,1-4H2/t6-/m0/s1. The first-order valence-electron chi connectivity index (χ1n) is 3.13. The molecular formula is C6H9NO2S.